The molecule has 0 radical (unpaired) electrons. The van der Waals surface area contributed by atoms with Crippen molar-refractivity contribution >= 4 is 33.2 Å². The Labute approximate surface area is 180 Å². The maximum absolute atomic E-state index is 12.4. The Morgan fingerprint density at radius 2 is 1.97 bits per heavy atom. The van der Waals surface area contributed by atoms with Crippen molar-refractivity contribution in [1.29, 1.82) is 0 Å². The van der Waals surface area contributed by atoms with Crippen LogP contribution in [0.3, 0.4) is 0 Å². The molecule has 0 saturated heterocycles. The lowest BCUT2D eigenvalue weighted by Crippen LogP contribution is -2.40. The third kappa shape index (κ3) is 5.31. The van der Waals surface area contributed by atoms with Crippen LogP contribution in [0.15, 0.2) is 61.2 Å². The molecule has 10 heteroatoms. The summed E-state index contributed by atoms with van der Waals surface area (Å²) in [5.41, 5.74) is 2.11. The van der Waals surface area contributed by atoms with E-state index in [1.807, 2.05) is 35.0 Å². The molecule has 0 aliphatic rings. The third-order valence-corrected chi connectivity index (χ3v) is 5.78. The highest BCUT2D eigenvalue weighted by Gasteiger charge is 2.21. The lowest BCUT2D eigenvalue weighted by Gasteiger charge is -2.22. The minimum atomic E-state index is -3.70. The van der Waals surface area contributed by atoms with Crippen LogP contribution in [0.4, 0.5) is 5.69 Å². The molecule has 1 amide bonds. The lowest BCUT2D eigenvalue weighted by atomic mass is 10.2. The van der Waals surface area contributed by atoms with Crippen LogP contribution in [0.1, 0.15) is 5.56 Å². The SMILES string of the molecule is COc1ccc(N(CC(=O)NCc2ccc(-n3ccnc3)cc2)S(C)(=O)=O)cc1Cl. The summed E-state index contributed by atoms with van der Waals surface area (Å²) in [4.78, 5) is 16.4. The molecule has 1 heterocycles. The van der Waals surface area contributed by atoms with Crippen molar-refractivity contribution in [2.45, 2.75) is 6.54 Å². The lowest BCUT2D eigenvalue weighted by molar-refractivity contribution is -0.119. The van der Waals surface area contributed by atoms with Gasteiger partial charge in [0.25, 0.3) is 0 Å². The molecule has 158 valence electrons. The van der Waals surface area contributed by atoms with Gasteiger partial charge in [-0.25, -0.2) is 13.4 Å². The molecule has 0 saturated carbocycles. The van der Waals surface area contributed by atoms with E-state index in [0.717, 1.165) is 21.8 Å². The Morgan fingerprint density at radius 1 is 1.23 bits per heavy atom. The Kier molecular flexibility index (Phi) is 6.63. The quantitative estimate of drug-likeness (QED) is 0.571. The molecule has 0 unspecified atom stereocenters. The summed E-state index contributed by atoms with van der Waals surface area (Å²) >= 11 is 6.10. The molecule has 0 aliphatic carbocycles. The van der Waals surface area contributed by atoms with E-state index in [1.54, 1.807) is 18.6 Å². The van der Waals surface area contributed by atoms with Crippen LogP contribution >= 0.6 is 11.6 Å². The number of carbonyl (C=O) groups excluding carboxylic acids is 1. The van der Waals surface area contributed by atoms with Gasteiger partial charge < -0.3 is 14.6 Å². The van der Waals surface area contributed by atoms with Crippen LogP contribution in [0.5, 0.6) is 5.75 Å². The van der Waals surface area contributed by atoms with E-state index >= 15 is 0 Å². The van der Waals surface area contributed by atoms with E-state index in [2.05, 4.69) is 10.3 Å². The summed E-state index contributed by atoms with van der Waals surface area (Å²) in [5.74, 6) is -0.0245. The predicted molar refractivity (Wildman–Crippen MR) is 116 cm³/mol. The Hall–Kier alpha value is -3.04. The summed E-state index contributed by atoms with van der Waals surface area (Å²) in [6.07, 6.45) is 6.26. The molecule has 2 aromatic carbocycles. The first-order chi connectivity index (χ1) is 14.3. The first-order valence-corrected chi connectivity index (χ1v) is 11.2. The van der Waals surface area contributed by atoms with Gasteiger partial charge in [-0.2, -0.15) is 0 Å². The number of nitrogens with one attached hydrogen (secondary N) is 1. The number of anilines is 1. The number of benzene rings is 2. The number of rotatable bonds is 8. The second-order valence-electron chi connectivity index (χ2n) is 6.50. The number of hydrogen-bond donors (Lipinski definition) is 1. The number of amides is 1. The first kappa shape index (κ1) is 21.7. The second kappa shape index (κ2) is 9.19. The molecule has 30 heavy (non-hydrogen) atoms. The maximum Gasteiger partial charge on any atom is 0.241 e. The van der Waals surface area contributed by atoms with Gasteiger partial charge in [0.1, 0.15) is 12.3 Å². The van der Waals surface area contributed by atoms with Gasteiger partial charge in [-0.1, -0.05) is 23.7 Å². The number of ether oxygens (including phenoxy) is 1. The fourth-order valence-electron chi connectivity index (χ4n) is 2.80. The molecule has 3 rings (SSSR count). The number of aromatic nitrogens is 2. The van der Waals surface area contributed by atoms with Gasteiger partial charge in [-0.3, -0.25) is 9.10 Å². The zero-order chi connectivity index (χ0) is 21.7. The second-order valence-corrected chi connectivity index (χ2v) is 8.82. The maximum atomic E-state index is 12.4. The number of carbonyl (C=O) groups is 1. The van der Waals surface area contributed by atoms with E-state index in [1.165, 1.54) is 19.2 Å². The number of sulfonamides is 1. The Morgan fingerprint density at radius 3 is 2.53 bits per heavy atom. The van der Waals surface area contributed by atoms with Gasteiger partial charge in [0.2, 0.25) is 15.9 Å². The Bertz CT molecular complexity index is 1120. The fourth-order valence-corrected chi connectivity index (χ4v) is 3.90. The first-order valence-electron chi connectivity index (χ1n) is 8.93. The van der Waals surface area contributed by atoms with E-state index in [-0.39, 0.29) is 23.8 Å². The fraction of sp³-hybridized carbons (Fsp3) is 0.200. The number of nitrogens with zero attached hydrogens (tertiary/aromatic N) is 3. The zero-order valence-corrected chi connectivity index (χ0v) is 18.0. The number of halogens is 1. The summed E-state index contributed by atoms with van der Waals surface area (Å²) in [6.45, 7) is -0.0986. The molecule has 0 fully saturated rings. The third-order valence-electron chi connectivity index (χ3n) is 4.34. The highest BCUT2D eigenvalue weighted by Crippen LogP contribution is 2.30. The largest absolute Gasteiger partial charge is 0.495 e. The molecule has 0 bridgehead atoms. The topological polar surface area (TPSA) is 93.5 Å². The molecular weight excluding hydrogens is 428 g/mol. The summed E-state index contributed by atoms with van der Waals surface area (Å²) in [6, 6.07) is 12.1. The average molecular weight is 449 g/mol. The van der Waals surface area contributed by atoms with Crippen LogP contribution < -0.4 is 14.4 Å². The molecule has 1 aromatic heterocycles. The van der Waals surface area contributed by atoms with Gasteiger partial charge in [0.15, 0.2) is 0 Å². The normalized spacial score (nSPS) is 11.2. The van der Waals surface area contributed by atoms with Crippen LogP contribution in [0, 0.1) is 0 Å². The van der Waals surface area contributed by atoms with Crippen LogP contribution in [-0.2, 0) is 21.4 Å². The average Bonchev–Trinajstić information content (AvgIpc) is 3.25. The van der Waals surface area contributed by atoms with Gasteiger partial charge in [-0.05, 0) is 35.9 Å². The molecule has 0 spiro atoms. The predicted octanol–water partition coefficient (Wildman–Crippen LogP) is 2.62. The zero-order valence-electron chi connectivity index (χ0n) is 16.4. The number of methoxy groups -OCH3 is 1. The van der Waals surface area contributed by atoms with Crippen molar-refractivity contribution in [2.75, 3.05) is 24.2 Å². The highest BCUT2D eigenvalue weighted by molar-refractivity contribution is 7.92. The molecule has 0 atom stereocenters. The number of imidazole rings is 1. The minimum absolute atomic E-state index is 0.252. The van der Waals surface area contributed by atoms with Crippen molar-refractivity contribution in [2.24, 2.45) is 0 Å². The van der Waals surface area contributed by atoms with Crippen LogP contribution in [0.2, 0.25) is 5.02 Å². The van der Waals surface area contributed by atoms with E-state index < -0.39 is 15.9 Å². The summed E-state index contributed by atoms with van der Waals surface area (Å²) in [5, 5.41) is 2.99. The number of hydrogen-bond acceptors (Lipinski definition) is 5. The summed E-state index contributed by atoms with van der Waals surface area (Å²) < 4.78 is 32.4. The highest BCUT2D eigenvalue weighted by atomic mass is 35.5. The van der Waals surface area contributed by atoms with Gasteiger partial charge >= 0.3 is 0 Å². The van der Waals surface area contributed by atoms with Crippen molar-refractivity contribution < 1.29 is 17.9 Å². The Balaban J connectivity index is 1.66. The standard InChI is InChI=1S/C20H21ClN4O4S/c1-29-19-8-7-17(11-18(19)21)25(30(2,27)28)13-20(26)23-12-15-3-5-16(6-4-15)24-10-9-22-14-24/h3-11,14H,12-13H2,1-2H3,(H,23,26). The van der Waals surface area contributed by atoms with Crippen LogP contribution in [0.25, 0.3) is 5.69 Å². The van der Waals surface area contributed by atoms with E-state index in [0.29, 0.717) is 5.75 Å². The summed E-state index contributed by atoms with van der Waals surface area (Å²) in [7, 11) is -2.24. The van der Waals surface area contributed by atoms with Crippen molar-refractivity contribution in [3.05, 3.63) is 71.8 Å². The molecule has 8 nitrogen and oxygen atoms in total. The van der Waals surface area contributed by atoms with Gasteiger partial charge in [0.05, 0.1) is 30.4 Å². The molecule has 0 aliphatic heterocycles. The van der Waals surface area contributed by atoms with E-state index in [9.17, 15) is 13.2 Å². The monoisotopic (exact) mass is 448 g/mol. The van der Waals surface area contributed by atoms with Crippen molar-refractivity contribution in [1.82, 2.24) is 14.9 Å². The molecule has 3 aromatic rings. The van der Waals surface area contributed by atoms with Gasteiger partial charge in [-0.15, -0.1) is 0 Å². The van der Waals surface area contributed by atoms with Gasteiger partial charge in [0, 0.05) is 24.6 Å². The minimum Gasteiger partial charge on any atom is -0.495 e. The molecule has 1 N–H and O–H groups in total. The molecular formula is C20H21ClN4O4S. The smallest absolute Gasteiger partial charge is 0.241 e. The van der Waals surface area contributed by atoms with Crippen molar-refractivity contribution in [3.63, 3.8) is 0 Å². The van der Waals surface area contributed by atoms with E-state index in [4.69, 9.17) is 16.3 Å². The van der Waals surface area contributed by atoms with Crippen molar-refractivity contribution in [3.8, 4) is 11.4 Å². The van der Waals surface area contributed by atoms with Crippen LogP contribution in [-0.4, -0.2) is 43.8 Å².